The van der Waals surface area contributed by atoms with E-state index in [1.165, 1.54) is 0 Å². The van der Waals surface area contributed by atoms with Crippen molar-refractivity contribution in [3.63, 3.8) is 0 Å². The summed E-state index contributed by atoms with van der Waals surface area (Å²) < 4.78 is 5.38. The van der Waals surface area contributed by atoms with Crippen LogP contribution >= 0.6 is 12.6 Å². The monoisotopic (exact) mass is 229 g/mol. The molecule has 0 aromatic carbocycles. The van der Waals surface area contributed by atoms with Gasteiger partial charge in [-0.1, -0.05) is 0 Å². The van der Waals surface area contributed by atoms with Crippen LogP contribution in [-0.4, -0.2) is 42.9 Å². The number of thiol groups is 1. The minimum absolute atomic E-state index is 0.210. The van der Waals surface area contributed by atoms with E-state index in [0.717, 1.165) is 57.7 Å². The molecule has 2 rings (SSSR count). The average molecular weight is 229 g/mol. The lowest BCUT2D eigenvalue weighted by Gasteiger charge is -2.38. The molecule has 4 heteroatoms. The third-order valence-electron chi connectivity index (χ3n) is 3.59. The zero-order valence-corrected chi connectivity index (χ0v) is 9.97. The molecule has 2 fully saturated rings. The summed E-state index contributed by atoms with van der Waals surface area (Å²) in [6.07, 6.45) is 3.84. The van der Waals surface area contributed by atoms with Crippen LogP contribution in [0.3, 0.4) is 0 Å². The second kappa shape index (κ2) is 4.74. The van der Waals surface area contributed by atoms with Gasteiger partial charge in [0, 0.05) is 38.1 Å². The number of rotatable bonds is 3. The summed E-state index contributed by atoms with van der Waals surface area (Å²) in [5.41, 5.74) is 0.210. The van der Waals surface area contributed by atoms with Gasteiger partial charge in [0.1, 0.15) is 0 Å². The highest BCUT2D eigenvalue weighted by Gasteiger charge is 2.35. The van der Waals surface area contributed by atoms with Crippen molar-refractivity contribution in [2.45, 2.75) is 25.7 Å². The highest BCUT2D eigenvalue weighted by molar-refractivity contribution is 7.80. The number of carbonyl (C=O) groups is 1. The maximum Gasteiger partial charge on any atom is 0.222 e. The van der Waals surface area contributed by atoms with Crippen LogP contribution in [0.2, 0.25) is 0 Å². The fourth-order valence-electron chi connectivity index (χ4n) is 2.45. The molecule has 0 unspecified atom stereocenters. The summed E-state index contributed by atoms with van der Waals surface area (Å²) in [6.45, 7) is 3.47. The molecule has 0 aromatic heterocycles. The molecule has 15 heavy (non-hydrogen) atoms. The van der Waals surface area contributed by atoms with Gasteiger partial charge >= 0.3 is 0 Å². The molecule has 2 aliphatic heterocycles. The Morgan fingerprint density at radius 2 is 2.13 bits per heavy atom. The minimum Gasteiger partial charge on any atom is -0.381 e. The Balaban J connectivity index is 1.97. The van der Waals surface area contributed by atoms with E-state index in [0.29, 0.717) is 5.91 Å². The van der Waals surface area contributed by atoms with Gasteiger partial charge in [-0.2, -0.15) is 12.6 Å². The van der Waals surface area contributed by atoms with Crippen LogP contribution < -0.4 is 0 Å². The van der Waals surface area contributed by atoms with Crippen molar-refractivity contribution < 1.29 is 9.53 Å². The molecule has 2 saturated heterocycles. The van der Waals surface area contributed by atoms with Gasteiger partial charge in [0.05, 0.1) is 0 Å². The van der Waals surface area contributed by atoms with Crippen molar-refractivity contribution >= 4 is 18.5 Å². The van der Waals surface area contributed by atoms with Crippen molar-refractivity contribution in [1.29, 1.82) is 0 Å². The molecule has 0 bridgehead atoms. The summed E-state index contributed by atoms with van der Waals surface area (Å²) >= 11 is 4.46. The molecule has 2 heterocycles. The van der Waals surface area contributed by atoms with E-state index in [1.54, 1.807) is 0 Å². The fraction of sp³-hybridized carbons (Fsp3) is 0.909. The molecule has 86 valence electrons. The first kappa shape index (κ1) is 11.3. The van der Waals surface area contributed by atoms with Crippen LogP contribution in [-0.2, 0) is 9.53 Å². The third-order valence-corrected chi connectivity index (χ3v) is 4.26. The quantitative estimate of drug-likeness (QED) is 0.740. The van der Waals surface area contributed by atoms with Gasteiger partial charge < -0.3 is 9.64 Å². The van der Waals surface area contributed by atoms with Gasteiger partial charge in [0.2, 0.25) is 5.91 Å². The number of nitrogens with zero attached hydrogens (tertiary/aromatic N) is 1. The molecule has 3 nitrogen and oxygen atoms in total. The zero-order valence-electron chi connectivity index (χ0n) is 9.07. The maximum absolute atomic E-state index is 11.6. The van der Waals surface area contributed by atoms with Crippen molar-refractivity contribution in [2.24, 2.45) is 5.41 Å². The number of hydrogen-bond acceptors (Lipinski definition) is 3. The van der Waals surface area contributed by atoms with E-state index in [9.17, 15) is 4.79 Å². The van der Waals surface area contributed by atoms with Crippen molar-refractivity contribution in [3.8, 4) is 0 Å². The van der Waals surface area contributed by atoms with Gasteiger partial charge in [-0.25, -0.2) is 0 Å². The molecule has 2 aliphatic rings. The van der Waals surface area contributed by atoms with E-state index in [-0.39, 0.29) is 5.41 Å². The number of ether oxygens (including phenoxy) is 1. The van der Waals surface area contributed by atoms with Crippen molar-refractivity contribution in [1.82, 2.24) is 4.90 Å². The van der Waals surface area contributed by atoms with Crippen LogP contribution in [0.1, 0.15) is 25.7 Å². The van der Waals surface area contributed by atoms with Gasteiger partial charge in [-0.15, -0.1) is 0 Å². The number of hydrogen-bond donors (Lipinski definition) is 1. The molecule has 0 saturated carbocycles. The van der Waals surface area contributed by atoms with Crippen LogP contribution in [0, 0.1) is 5.41 Å². The van der Waals surface area contributed by atoms with E-state index in [4.69, 9.17) is 4.74 Å². The summed E-state index contributed by atoms with van der Waals surface area (Å²) in [5.74, 6) is 1.18. The Morgan fingerprint density at radius 3 is 2.67 bits per heavy atom. The van der Waals surface area contributed by atoms with E-state index < -0.39 is 0 Å². The average Bonchev–Trinajstić information content (AvgIpc) is 2.66. The lowest BCUT2D eigenvalue weighted by Crippen LogP contribution is -2.43. The zero-order chi connectivity index (χ0) is 10.7. The molecular weight excluding hydrogens is 210 g/mol. The van der Waals surface area contributed by atoms with E-state index >= 15 is 0 Å². The van der Waals surface area contributed by atoms with Crippen LogP contribution in [0.4, 0.5) is 0 Å². The van der Waals surface area contributed by atoms with Gasteiger partial charge in [0.25, 0.3) is 0 Å². The summed E-state index contributed by atoms with van der Waals surface area (Å²) in [6, 6.07) is 0. The first-order valence-corrected chi connectivity index (χ1v) is 6.35. The number of likely N-dealkylation sites (tertiary alicyclic amines) is 1. The third kappa shape index (κ3) is 2.48. The molecule has 0 spiro atoms. The van der Waals surface area contributed by atoms with Gasteiger partial charge in [0.15, 0.2) is 0 Å². The smallest absolute Gasteiger partial charge is 0.222 e. The molecule has 0 radical (unpaired) electrons. The molecule has 0 aromatic rings. The molecular formula is C11H19NO2S. The maximum atomic E-state index is 11.6. The summed E-state index contributed by atoms with van der Waals surface area (Å²) in [7, 11) is 0. The van der Waals surface area contributed by atoms with Crippen molar-refractivity contribution in [3.05, 3.63) is 0 Å². The first-order chi connectivity index (χ1) is 7.26. The Hall–Kier alpha value is -0.220. The summed E-state index contributed by atoms with van der Waals surface area (Å²) in [5, 5.41) is 0. The second-order valence-electron chi connectivity index (χ2n) is 4.69. The molecule has 1 amide bonds. The van der Waals surface area contributed by atoms with Gasteiger partial charge in [-0.3, -0.25) is 4.79 Å². The summed E-state index contributed by atoms with van der Waals surface area (Å²) in [4.78, 5) is 13.6. The number of amides is 1. The predicted molar refractivity (Wildman–Crippen MR) is 62.2 cm³/mol. The van der Waals surface area contributed by atoms with E-state index in [2.05, 4.69) is 12.6 Å². The lowest BCUT2D eigenvalue weighted by molar-refractivity contribution is -0.129. The highest BCUT2D eigenvalue weighted by atomic mass is 32.1. The predicted octanol–water partition coefficient (Wildman–Crippen LogP) is 1.34. The second-order valence-corrected chi connectivity index (χ2v) is 5.01. The largest absolute Gasteiger partial charge is 0.381 e. The molecule has 0 N–H and O–H groups in total. The molecule has 0 aliphatic carbocycles. The Labute approximate surface area is 96.6 Å². The lowest BCUT2D eigenvalue weighted by atomic mass is 9.81. The molecule has 0 atom stereocenters. The first-order valence-electron chi connectivity index (χ1n) is 5.72. The Morgan fingerprint density at radius 1 is 1.40 bits per heavy atom. The minimum atomic E-state index is 0.210. The fourth-order valence-corrected chi connectivity index (χ4v) is 2.86. The topological polar surface area (TPSA) is 29.5 Å². The normalized spacial score (nSPS) is 25.9. The Bertz CT molecular complexity index is 239. The van der Waals surface area contributed by atoms with Crippen LogP contribution in [0.5, 0.6) is 0 Å². The standard InChI is InChI=1S/C11H19NO2S/c13-10-2-1-5-12(10)8-11(9-15)3-6-14-7-4-11/h15H,1-9H2. The van der Waals surface area contributed by atoms with Crippen molar-refractivity contribution in [2.75, 3.05) is 32.1 Å². The van der Waals surface area contributed by atoms with E-state index in [1.807, 2.05) is 4.90 Å². The van der Waals surface area contributed by atoms with Gasteiger partial charge in [-0.05, 0) is 25.0 Å². The number of carbonyl (C=O) groups excluding carboxylic acids is 1. The highest BCUT2D eigenvalue weighted by Crippen LogP contribution is 2.33. The van der Waals surface area contributed by atoms with Crippen LogP contribution in [0.25, 0.3) is 0 Å². The SMILES string of the molecule is O=C1CCCN1CC1(CS)CCOCC1. The van der Waals surface area contributed by atoms with Crippen LogP contribution in [0.15, 0.2) is 0 Å². The Kier molecular flexibility index (Phi) is 3.57.